The van der Waals surface area contributed by atoms with Crippen molar-refractivity contribution in [2.24, 2.45) is 0 Å². The summed E-state index contributed by atoms with van der Waals surface area (Å²) >= 11 is 5.16. The molecule has 1 aliphatic rings. The van der Waals surface area contributed by atoms with Gasteiger partial charge in [-0.05, 0) is 41.5 Å². The van der Waals surface area contributed by atoms with E-state index in [-0.39, 0.29) is 5.91 Å². The Hall–Kier alpha value is -2.80. The summed E-state index contributed by atoms with van der Waals surface area (Å²) in [5, 5.41) is 3.36. The number of carbonyl (C=O) groups is 1. The molecule has 7 heteroatoms. The highest BCUT2D eigenvalue weighted by Gasteiger charge is 2.28. The molecule has 1 amide bonds. The summed E-state index contributed by atoms with van der Waals surface area (Å²) < 4.78 is 10.7. The van der Waals surface area contributed by atoms with Crippen LogP contribution in [0.2, 0.25) is 0 Å². The van der Waals surface area contributed by atoms with Gasteiger partial charge in [-0.3, -0.25) is 15.6 Å². The van der Waals surface area contributed by atoms with Gasteiger partial charge in [0.15, 0.2) is 11.2 Å². The van der Waals surface area contributed by atoms with Crippen molar-refractivity contribution < 1.29 is 14.3 Å². The van der Waals surface area contributed by atoms with Crippen LogP contribution >= 0.6 is 12.2 Å². The van der Waals surface area contributed by atoms with Crippen molar-refractivity contribution in [1.29, 1.82) is 0 Å². The minimum atomic E-state index is -0.547. The van der Waals surface area contributed by atoms with E-state index in [9.17, 15) is 4.79 Å². The first-order valence-corrected chi connectivity index (χ1v) is 8.27. The first kappa shape index (κ1) is 17.0. The van der Waals surface area contributed by atoms with Gasteiger partial charge in [0.25, 0.3) is 5.91 Å². The second-order valence-corrected chi connectivity index (χ2v) is 5.97. The maximum atomic E-state index is 12.2. The van der Waals surface area contributed by atoms with Gasteiger partial charge in [-0.25, -0.2) is 0 Å². The molecule has 1 heterocycles. The quantitative estimate of drug-likeness (QED) is 0.571. The number of thiocarbonyl (C=S) groups is 1. The summed E-state index contributed by atoms with van der Waals surface area (Å²) in [6.45, 7) is 0.539. The van der Waals surface area contributed by atoms with Gasteiger partial charge in [0, 0.05) is 13.0 Å². The van der Waals surface area contributed by atoms with Crippen molar-refractivity contribution in [2.45, 2.75) is 19.1 Å². The summed E-state index contributed by atoms with van der Waals surface area (Å²) in [6.07, 6.45) is 0.00436. The van der Waals surface area contributed by atoms with Crippen LogP contribution in [0.15, 0.2) is 48.5 Å². The van der Waals surface area contributed by atoms with Crippen LogP contribution in [0.1, 0.15) is 11.1 Å². The molecule has 0 spiro atoms. The average Bonchev–Trinajstić information content (AvgIpc) is 3.09. The zero-order chi connectivity index (χ0) is 17.6. The SMILES string of the molecule is COc1ccc(CNC(=S)NNC(=O)[C@@H]2Cc3ccccc3O2)cc1. The molecule has 1 aliphatic heterocycles. The predicted octanol–water partition coefficient (Wildman–Crippen LogP) is 1.69. The fraction of sp³-hybridized carbons (Fsp3) is 0.222. The van der Waals surface area contributed by atoms with E-state index >= 15 is 0 Å². The van der Waals surface area contributed by atoms with Crippen molar-refractivity contribution in [3.63, 3.8) is 0 Å². The van der Waals surface area contributed by atoms with Crippen LogP contribution in [-0.2, 0) is 17.8 Å². The lowest BCUT2D eigenvalue weighted by Gasteiger charge is -2.14. The standard InChI is InChI=1S/C18H19N3O3S/c1-23-14-8-6-12(7-9-14)11-19-18(25)21-20-17(22)16-10-13-4-2-3-5-15(13)24-16/h2-9,16H,10-11H2,1H3,(H,20,22)(H2,19,21,25)/t16-/m0/s1. The normalized spacial score (nSPS) is 14.8. The van der Waals surface area contributed by atoms with Crippen LogP contribution < -0.4 is 25.6 Å². The lowest BCUT2D eigenvalue weighted by Crippen LogP contribution is -2.50. The van der Waals surface area contributed by atoms with Crippen molar-refractivity contribution >= 4 is 23.2 Å². The summed E-state index contributed by atoms with van der Waals surface area (Å²) in [5.74, 6) is 1.29. The molecule has 3 N–H and O–H groups in total. The van der Waals surface area contributed by atoms with Crippen LogP contribution in [0.3, 0.4) is 0 Å². The summed E-state index contributed by atoms with van der Waals surface area (Å²) in [5.41, 5.74) is 7.35. The smallest absolute Gasteiger partial charge is 0.279 e. The first-order chi connectivity index (χ1) is 12.2. The average molecular weight is 357 g/mol. The van der Waals surface area contributed by atoms with Crippen molar-refractivity contribution in [3.8, 4) is 11.5 Å². The molecular formula is C18H19N3O3S. The van der Waals surface area contributed by atoms with Crippen molar-refractivity contribution in [1.82, 2.24) is 16.2 Å². The molecule has 0 saturated carbocycles. The van der Waals surface area contributed by atoms with Gasteiger partial charge in [0.05, 0.1) is 7.11 Å². The van der Waals surface area contributed by atoms with Gasteiger partial charge >= 0.3 is 0 Å². The van der Waals surface area contributed by atoms with E-state index in [4.69, 9.17) is 21.7 Å². The van der Waals surface area contributed by atoms with E-state index < -0.39 is 6.10 Å². The number of hydrogen-bond donors (Lipinski definition) is 3. The number of methoxy groups -OCH3 is 1. The molecule has 0 aromatic heterocycles. The maximum Gasteiger partial charge on any atom is 0.279 e. The number of benzene rings is 2. The highest BCUT2D eigenvalue weighted by atomic mass is 32.1. The van der Waals surface area contributed by atoms with E-state index in [1.54, 1.807) is 7.11 Å². The number of hydrazine groups is 1. The number of fused-ring (bicyclic) bond motifs is 1. The molecule has 0 bridgehead atoms. The molecule has 0 fully saturated rings. The number of nitrogens with one attached hydrogen (secondary N) is 3. The number of para-hydroxylation sites is 1. The molecule has 25 heavy (non-hydrogen) atoms. The summed E-state index contributed by atoms with van der Waals surface area (Å²) in [7, 11) is 1.63. The molecule has 6 nitrogen and oxygen atoms in total. The third-order valence-corrected chi connectivity index (χ3v) is 4.10. The summed E-state index contributed by atoms with van der Waals surface area (Å²) in [4.78, 5) is 12.2. The van der Waals surface area contributed by atoms with Crippen molar-refractivity contribution in [3.05, 3.63) is 59.7 Å². The topological polar surface area (TPSA) is 71.6 Å². The van der Waals surface area contributed by atoms with Crippen LogP contribution in [0.4, 0.5) is 0 Å². The first-order valence-electron chi connectivity index (χ1n) is 7.87. The predicted molar refractivity (Wildman–Crippen MR) is 98.3 cm³/mol. The van der Waals surface area contributed by atoms with Gasteiger partial charge in [-0.2, -0.15) is 0 Å². The van der Waals surface area contributed by atoms with Gasteiger partial charge in [-0.15, -0.1) is 0 Å². The molecule has 0 radical (unpaired) electrons. The number of rotatable bonds is 4. The molecule has 2 aromatic carbocycles. The third kappa shape index (κ3) is 4.39. The molecule has 0 aliphatic carbocycles. The van der Waals surface area contributed by atoms with Gasteiger partial charge in [0.2, 0.25) is 0 Å². The van der Waals surface area contributed by atoms with Gasteiger partial charge in [0.1, 0.15) is 11.5 Å². The Labute approximate surface area is 151 Å². The Bertz CT molecular complexity index is 739. The van der Waals surface area contributed by atoms with Crippen LogP contribution in [0.5, 0.6) is 11.5 Å². The number of amides is 1. The monoisotopic (exact) mass is 357 g/mol. The highest BCUT2D eigenvalue weighted by molar-refractivity contribution is 7.80. The number of hydrogen-bond acceptors (Lipinski definition) is 4. The lowest BCUT2D eigenvalue weighted by atomic mass is 10.1. The Morgan fingerprint density at radius 2 is 1.96 bits per heavy atom. The van der Waals surface area contributed by atoms with E-state index in [1.807, 2.05) is 48.5 Å². The van der Waals surface area contributed by atoms with E-state index in [1.165, 1.54) is 0 Å². The second-order valence-electron chi connectivity index (χ2n) is 5.56. The Morgan fingerprint density at radius 1 is 1.20 bits per heavy atom. The fourth-order valence-corrected chi connectivity index (χ4v) is 2.62. The maximum absolute atomic E-state index is 12.2. The summed E-state index contributed by atoms with van der Waals surface area (Å²) in [6, 6.07) is 15.3. The number of carbonyl (C=O) groups excluding carboxylic acids is 1. The van der Waals surface area contributed by atoms with Crippen LogP contribution in [0.25, 0.3) is 0 Å². The number of ether oxygens (including phenoxy) is 2. The molecule has 2 aromatic rings. The minimum Gasteiger partial charge on any atom is -0.497 e. The largest absolute Gasteiger partial charge is 0.497 e. The van der Waals surface area contributed by atoms with Gasteiger partial charge < -0.3 is 14.8 Å². The van der Waals surface area contributed by atoms with Gasteiger partial charge in [-0.1, -0.05) is 30.3 Å². The molecule has 1 atom stereocenters. The van der Waals surface area contributed by atoms with Crippen molar-refractivity contribution in [2.75, 3.05) is 7.11 Å². The second kappa shape index (κ2) is 7.85. The molecule has 3 rings (SSSR count). The molecular weight excluding hydrogens is 338 g/mol. The van der Waals surface area contributed by atoms with E-state index in [0.29, 0.717) is 18.1 Å². The van der Waals surface area contributed by atoms with E-state index in [2.05, 4.69) is 16.2 Å². The third-order valence-electron chi connectivity index (χ3n) is 3.85. The fourth-order valence-electron chi connectivity index (χ4n) is 2.50. The van der Waals surface area contributed by atoms with E-state index in [0.717, 1.165) is 22.6 Å². The van der Waals surface area contributed by atoms with Crippen LogP contribution in [0, 0.1) is 0 Å². The van der Waals surface area contributed by atoms with Crippen LogP contribution in [-0.4, -0.2) is 24.2 Å². The zero-order valence-electron chi connectivity index (χ0n) is 13.7. The Kier molecular flexibility index (Phi) is 5.35. The highest BCUT2D eigenvalue weighted by Crippen LogP contribution is 2.27. The molecule has 0 unspecified atom stereocenters. The Morgan fingerprint density at radius 3 is 2.68 bits per heavy atom. The molecule has 130 valence electrons. The molecule has 0 saturated heterocycles. The lowest BCUT2D eigenvalue weighted by molar-refractivity contribution is -0.127. The Balaban J connectivity index is 1.41. The zero-order valence-corrected chi connectivity index (χ0v) is 14.6. The minimum absolute atomic E-state index is 0.259.